The molecule has 0 N–H and O–H groups in total. The van der Waals surface area contributed by atoms with Crippen LogP contribution in [-0.2, 0) is 0 Å². The van der Waals surface area contributed by atoms with Gasteiger partial charge in [0, 0.05) is 13.1 Å². The lowest BCUT2D eigenvalue weighted by atomic mass is 10.0. The first-order chi connectivity index (χ1) is 9.19. The van der Waals surface area contributed by atoms with Crippen molar-refractivity contribution in [3.63, 3.8) is 0 Å². The van der Waals surface area contributed by atoms with Gasteiger partial charge in [-0.3, -0.25) is 4.98 Å². The number of pyridine rings is 1. The molecule has 100 valence electrons. The summed E-state index contributed by atoms with van der Waals surface area (Å²) >= 11 is 0. The normalized spacial score (nSPS) is 13.2. The van der Waals surface area contributed by atoms with Crippen LogP contribution < -0.4 is 5.19 Å². The van der Waals surface area contributed by atoms with Gasteiger partial charge in [0.2, 0.25) is 0 Å². The molecule has 2 rings (SSSR count). The van der Waals surface area contributed by atoms with Crippen LogP contribution in [0, 0.1) is 0 Å². The minimum atomic E-state index is -1.49. The first-order valence-electron chi connectivity index (χ1n) is 7.26. The van der Waals surface area contributed by atoms with Crippen molar-refractivity contribution in [3.8, 4) is 11.3 Å². The second-order valence-corrected chi connectivity index (χ2v) is 11.3. The van der Waals surface area contributed by atoms with E-state index in [1.54, 1.807) is 0 Å². The van der Waals surface area contributed by atoms with Gasteiger partial charge in [-0.2, -0.15) is 0 Å². The first-order valence-corrected chi connectivity index (χ1v) is 10.3. The molecule has 0 radical (unpaired) electrons. The fourth-order valence-corrected chi connectivity index (χ4v) is 3.82. The van der Waals surface area contributed by atoms with E-state index in [0.717, 1.165) is 16.8 Å². The summed E-state index contributed by atoms with van der Waals surface area (Å²) in [4.78, 5) is 4.64. The summed E-state index contributed by atoms with van der Waals surface area (Å²) in [7, 11) is -1.49. The topological polar surface area (TPSA) is 12.9 Å². The van der Waals surface area contributed by atoms with Gasteiger partial charge < -0.3 is 0 Å². The number of hydrogen-bond donors (Lipinski definition) is 0. The Morgan fingerprint density at radius 1 is 1.11 bits per heavy atom. The van der Waals surface area contributed by atoms with Crippen molar-refractivity contribution in [1.82, 2.24) is 4.98 Å². The molecule has 0 saturated heterocycles. The molecule has 0 aliphatic rings. The van der Waals surface area contributed by atoms with Gasteiger partial charge >= 0.3 is 0 Å². The van der Waals surface area contributed by atoms with Gasteiger partial charge in [0.25, 0.3) is 0 Å². The van der Waals surface area contributed by atoms with E-state index in [0.29, 0.717) is 0 Å². The fourth-order valence-electron chi connectivity index (χ4n) is 2.23. The maximum Gasteiger partial charge on any atom is 0.0799 e. The van der Waals surface area contributed by atoms with Gasteiger partial charge in [0.1, 0.15) is 0 Å². The number of hydrogen-bond acceptors (Lipinski definition) is 1. The molecule has 0 saturated carbocycles. The third-order valence-electron chi connectivity index (χ3n) is 3.32. The Bertz CT molecular complexity index is 595. The lowest BCUT2D eigenvalue weighted by Gasteiger charge is -2.23. The molecule has 0 spiro atoms. The predicted octanol–water partition coefficient (Wildman–Crippen LogP) is 4.42. The average molecular weight is 270 g/mol. The van der Waals surface area contributed by atoms with E-state index >= 15 is 0 Å². The van der Waals surface area contributed by atoms with Gasteiger partial charge in [-0.15, -0.1) is 0 Å². The number of aromatic nitrogens is 1. The molecule has 0 aliphatic carbocycles. The van der Waals surface area contributed by atoms with Crippen LogP contribution in [0.2, 0.25) is 19.6 Å². The van der Waals surface area contributed by atoms with Crippen LogP contribution in [0.15, 0.2) is 42.6 Å². The smallest absolute Gasteiger partial charge is 0.0799 e. The molecule has 0 unspecified atom stereocenters. The van der Waals surface area contributed by atoms with Crippen LogP contribution in [-0.4, -0.2) is 13.1 Å². The second-order valence-electron chi connectivity index (χ2n) is 6.23. The summed E-state index contributed by atoms with van der Waals surface area (Å²) in [5.74, 6) is -0.595. The van der Waals surface area contributed by atoms with E-state index in [-0.39, 0.29) is 0 Å². The molecule has 0 atom stereocenters. The molecule has 1 nitrogen and oxygen atoms in total. The molecular formula is C17H23NSi. The standard InChI is InChI=1S/C17H23NSi/c1-13(2)15-11-16(14-9-7-6-8-10-14)18-12-17(15)19(3,4)5/h6-13H,1-5H3/i13D. The van der Waals surface area contributed by atoms with Gasteiger partial charge in [0.05, 0.1) is 13.8 Å². The van der Waals surface area contributed by atoms with Crippen molar-refractivity contribution in [1.29, 1.82) is 0 Å². The zero-order valence-electron chi connectivity index (χ0n) is 13.5. The Morgan fingerprint density at radius 2 is 1.74 bits per heavy atom. The predicted molar refractivity (Wildman–Crippen MR) is 86.7 cm³/mol. The van der Waals surface area contributed by atoms with Crippen LogP contribution in [0.5, 0.6) is 0 Å². The molecular weight excluding hydrogens is 246 g/mol. The van der Waals surface area contributed by atoms with Crippen LogP contribution in [0.4, 0.5) is 0 Å². The third-order valence-corrected chi connectivity index (χ3v) is 5.33. The highest BCUT2D eigenvalue weighted by Crippen LogP contribution is 2.22. The van der Waals surface area contributed by atoms with E-state index in [9.17, 15) is 0 Å². The van der Waals surface area contributed by atoms with Gasteiger partial charge in [-0.1, -0.05) is 63.8 Å². The summed E-state index contributed by atoms with van der Waals surface area (Å²) in [5, 5.41) is 1.29. The molecule has 19 heavy (non-hydrogen) atoms. The second kappa shape index (κ2) is 5.30. The summed E-state index contributed by atoms with van der Waals surface area (Å²) in [6.45, 7) is 10.8. The molecule has 0 bridgehead atoms. The highest BCUT2D eigenvalue weighted by atomic mass is 28.3. The van der Waals surface area contributed by atoms with Gasteiger partial charge in [-0.05, 0) is 22.7 Å². The van der Waals surface area contributed by atoms with E-state index in [2.05, 4.69) is 42.8 Å². The van der Waals surface area contributed by atoms with E-state index in [1.165, 1.54) is 5.19 Å². The molecule has 1 aromatic carbocycles. The minimum absolute atomic E-state index is 0.595. The van der Waals surface area contributed by atoms with Crippen LogP contribution in [0.25, 0.3) is 11.3 Å². The van der Waals surface area contributed by atoms with E-state index < -0.39 is 14.0 Å². The highest BCUT2D eigenvalue weighted by molar-refractivity contribution is 6.89. The molecule has 1 aromatic heterocycles. The van der Waals surface area contributed by atoms with Crippen molar-refractivity contribution >= 4 is 13.3 Å². The minimum Gasteiger partial charge on any atom is -0.256 e. The van der Waals surface area contributed by atoms with Crippen molar-refractivity contribution < 1.29 is 1.37 Å². The lowest BCUT2D eigenvalue weighted by Crippen LogP contribution is -2.40. The first kappa shape index (κ1) is 12.6. The summed E-state index contributed by atoms with van der Waals surface area (Å²) in [5.41, 5.74) is 3.19. The Morgan fingerprint density at radius 3 is 2.26 bits per heavy atom. The Balaban J connectivity index is 2.62. The van der Waals surface area contributed by atoms with E-state index in [1.807, 2.05) is 38.2 Å². The largest absolute Gasteiger partial charge is 0.256 e. The van der Waals surface area contributed by atoms with Crippen molar-refractivity contribution in [3.05, 3.63) is 48.2 Å². The third kappa shape index (κ3) is 3.13. The van der Waals surface area contributed by atoms with Crippen LogP contribution >= 0.6 is 0 Å². The summed E-state index contributed by atoms with van der Waals surface area (Å²) < 4.78 is 8.45. The van der Waals surface area contributed by atoms with Crippen LogP contribution in [0.1, 0.15) is 26.7 Å². The molecule has 0 aliphatic heterocycles. The highest BCUT2D eigenvalue weighted by Gasteiger charge is 2.22. The average Bonchev–Trinajstić information content (AvgIpc) is 2.37. The van der Waals surface area contributed by atoms with Crippen molar-refractivity contribution in [2.45, 2.75) is 39.4 Å². The fraction of sp³-hybridized carbons (Fsp3) is 0.353. The Hall–Kier alpha value is -1.41. The monoisotopic (exact) mass is 270 g/mol. The number of nitrogens with zero attached hydrogens (tertiary/aromatic N) is 1. The van der Waals surface area contributed by atoms with Gasteiger partial charge in [0.15, 0.2) is 0 Å². The maximum absolute atomic E-state index is 8.45. The van der Waals surface area contributed by atoms with Crippen molar-refractivity contribution in [2.24, 2.45) is 0 Å². The number of benzene rings is 1. The Labute approximate surface area is 119 Å². The summed E-state index contributed by atoms with van der Waals surface area (Å²) in [6.07, 6.45) is 2.00. The quantitative estimate of drug-likeness (QED) is 0.753. The Kier molecular flexibility index (Phi) is 3.51. The van der Waals surface area contributed by atoms with Gasteiger partial charge in [-0.25, -0.2) is 0 Å². The molecule has 0 fully saturated rings. The molecule has 2 aromatic rings. The molecule has 1 heterocycles. The van der Waals surface area contributed by atoms with Crippen LogP contribution in [0.3, 0.4) is 0 Å². The molecule has 0 amide bonds. The van der Waals surface area contributed by atoms with Crippen molar-refractivity contribution in [2.75, 3.05) is 0 Å². The molecule has 2 heteroatoms. The zero-order valence-corrected chi connectivity index (χ0v) is 13.5. The SMILES string of the molecule is [2H]C(C)(C)c1cc(-c2ccccc2)ncc1[Si](C)(C)C. The van der Waals surface area contributed by atoms with E-state index in [4.69, 9.17) is 1.37 Å². The number of rotatable bonds is 3. The summed E-state index contributed by atoms with van der Waals surface area (Å²) in [6, 6.07) is 12.3. The lowest BCUT2D eigenvalue weighted by molar-refractivity contribution is 0.870. The maximum atomic E-state index is 8.45. The zero-order chi connectivity index (χ0) is 15.0.